The minimum atomic E-state index is -0.105. The Hall–Kier alpha value is -0.920. The van der Waals surface area contributed by atoms with Crippen molar-refractivity contribution in [1.29, 1.82) is 0 Å². The van der Waals surface area contributed by atoms with Crippen LogP contribution in [0, 0.1) is 6.92 Å². The molecule has 4 heteroatoms. The molecule has 1 aromatic carbocycles. The number of nitrogens with two attached hydrogens (primary N) is 1. The molecule has 3 nitrogen and oxygen atoms in total. The highest BCUT2D eigenvalue weighted by Gasteiger charge is 2.28. The summed E-state index contributed by atoms with van der Waals surface area (Å²) in [7, 11) is 2.74. The summed E-state index contributed by atoms with van der Waals surface area (Å²) in [6, 6.07) is 6.50. The van der Waals surface area contributed by atoms with Crippen LogP contribution in [-0.2, 0) is 16.0 Å². The molecule has 1 aliphatic rings. The number of carbonyl (C=O) groups excluding carboxylic acids is 1. The highest BCUT2D eigenvalue weighted by Crippen LogP contribution is 2.19. The summed E-state index contributed by atoms with van der Waals surface area (Å²) < 4.78 is 5.19. The highest BCUT2D eigenvalue weighted by molar-refractivity contribution is 7.27. The lowest BCUT2D eigenvalue weighted by Gasteiger charge is -2.17. The lowest BCUT2D eigenvalue weighted by molar-refractivity contribution is -0.142. The van der Waals surface area contributed by atoms with E-state index < -0.39 is 0 Å². The first kappa shape index (κ1) is 14.5. The SMILES string of the molecule is Cc1cc(CCC[C@H](N)[C@@H]2CCC(=O)O2)ccc1P. The number of aryl methyl sites for hydroxylation is 2. The van der Waals surface area contributed by atoms with Crippen molar-refractivity contribution < 1.29 is 9.53 Å². The van der Waals surface area contributed by atoms with Gasteiger partial charge >= 0.3 is 5.97 Å². The van der Waals surface area contributed by atoms with Gasteiger partial charge in [-0.2, -0.15) is 0 Å². The van der Waals surface area contributed by atoms with Crippen molar-refractivity contribution in [2.75, 3.05) is 0 Å². The minimum Gasteiger partial charge on any atom is -0.461 e. The normalized spacial score (nSPS) is 20.4. The average Bonchev–Trinajstić information content (AvgIpc) is 2.80. The zero-order valence-electron chi connectivity index (χ0n) is 11.4. The molecule has 1 aromatic rings. The van der Waals surface area contributed by atoms with Gasteiger partial charge in [0.25, 0.3) is 0 Å². The van der Waals surface area contributed by atoms with E-state index in [1.54, 1.807) is 0 Å². The monoisotopic (exact) mass is 279 g/mol. The van der Waals surface area contributed by atoms with Crippen LogP contribution in [-0.4, -0.2) is 18.1 Å². The van der Waals surface area contributed by atoms with Gasteiger partial charge in [0, 0.05) is 12.5 Å². The molecule has 0 aliphatic carbocycles. The summed E-state index contributed by atoms with van der Waals surface area (Å²) in [6.07, 6.45) is 4.20. The second kappa shape index (κ2) is 6.49. The quantitative estimate of drug-likeness (QED) is 0.661. The standard InChI is InChI=1S/C15H22NO2P/c1-10-9-11(5-7-14(10)19)3-2-4-12(16)13-6-8-15(17)18-13/h5,7,9,12-13H,2-4,6,8,16,19H2,1H3/t12-,13-/m0/s1. The van der Waals surface area contributed by atoms with Crippen LogP contribution in [0.25, 0.3) is 0 Å². The van der Waals surface area contributed by atoms with Crippen LogP contribution < -0.4 is 11.0 Å². The van der Waals surface area contributed by atoms with Gasteiger partial charge in [-0.1, -0.05) is 18.2 Å². The van der Waals surface area contributed by atoms with Gasteiger partial charge in [-0.3, -0.25) is 4.79 Å². The van der Waals surface area contributed by atoms with Gasteiger partial charge in [-0.15, -0.1) is 9.24 Å². The van der Waals surface area contributed by atoms with E-state index >= 15 is 0 Å². The molecule has 0 radical (unpaired) electrons. The first-order valence-electron chi connectivity index (χ1n) is 6.86. The van der Waals surface area contributed by atoms with Crippen molar-refractivity contribution in [3.8, 4) is 0 Å². The third-order valence-corrected chi connectivity index (χ3v) is 4.38. The number of ether oxygens (including phenoxy) is 1. The topological polar surface area (TPSA) is 52.3 Å². The molecule has 3 atom stereocenters. The highest BCUT2D eigenvalue weighted by atomic mass is 31.0. The lowest BCUT2D eigenvalue weighted by atomic mass is 9.99. The molecule has 1 fully saturated rings. The average molecular weight is 279 g/mol. The number of cyclic esters (lactones) is 1. The summed E-state index contributed by atoms with van der Waals surface area (Å²) in [5.74, 6) is -0.105. The summed E-state index contributed by atoms with van der Waals surface area (Å²) in [6.45, 7) is 2.12. The molecule has 1 saturated heterocycles. The molecule has 2 rings (SSSR count). The molecular formula is C15H22NO2P. The number of hydrogen-bond acceptors (Lipinski definition) is 3. The van der Waals surface area contributed by atoms with Crippen LogP contribution in [0.5, 0.6) is 0 Å². The Balaban J connectivity index is 1.76. The molecule has 1 aliphatic heterocycles. The van der Waals surface area contributed by atoms with E-state index in [2.05, 4.69) is 34.4 Å². The van der Waals surface area contributed by atoms with Crippen molar-refractivity contribution in [3.63, 3.8) is 0 Å². The zero-order valence-corrected chi connectivity index (χ0v) is 12.5. The molecule has 104 valence electrons. The van der Waals surface area contributed by atoms with Crippen molar-refractivity contribution >= 4 is 20.5 Å². The molecule has 2 N–H and O–H groups in total. The number of esters is 1. The van der Waals surface area contributed by atoms with E-state index in [1.165, 1.54) is 16.4 Å². The van der Waals surface area contributed by atoms with Crippen molar-refractivity contribution in [3.05, 3.63) is 29.3 Å². The first-order chi connectivity index (χ1) is 9.06. The third-order valence-electron chi connectivity index (χ3n) is 3.73. The fourth-order valence-corrected chi connectivity index (χ4v) is 2.65. The Morgan fingerprint density at radius 2 is 2.32 bits per heavy atom. The molecule has 0 saturated carbocycles. The third kappa shape index (κ3) is 4.02. The molecule has 1 heterocycles. The Kier molecular flexibility index (Phi) is 4.95. The van der Waals surface area contributed by atoms with Gasteiger partial charge in [0.15, 0.2) is 0 Å². The molecule has 19 heavy (non-hydrogen) atoms. The predicted octanol–water partition coefficient (Wildman–Crippen LogP) is 1.85. The van der Waals surface area contributed by atoms with Crippen LogP contribution in [0.1, 0.15) is 36.8 Å². The van der Waals surface area contributed by atoms with Crippen LogP contribution in [0.4, 0.5) is 0 Å². The van der Waals surface area contributed by atoms with Crippen LogP contribution >= 0.6 is 9.24 Å². The maximum absolute atomic E-state index is 11.0. The number of carbonyl (C=O) groups is 1. The fraction of sp³-hybridized carbons (Fsp3) is 0.533. The van der Waals surface area contributed by atoms with Gasteiger partial charge in [0.1, 0.15) is 6.10 Å². The fourth-order valence-electron chi connectivity index (χ4n) is 2.47. The maximum atomic E-state index is 11.0. The molecule has 0 bridgehead atoms. The number of benzene rings is 1. The van der Waals surface area contributed by atoms with Crippen LogP contribution in [0.15, 0.2) is 18.2 Å². The summed E-state index contributed by atoms with van der Waals surface area (Å²) in [5.41, 5.74) is 8.73. The van der Waals surface area contributed by atoms with Crippen molar-refractivity contribution in [2.24, 2.45) is 5.73 Å². The van der Waals surface area contributed by atoms with Gasteiger partial charge in [0.2, 0.25) is 0 Å². The van der Waals surface area contributed by atoms with Gasteiger partial charge < -0.3 is 10.5 Å². The van der Waals surface area contributed by atoms with Gasteiger partial charge in [-0.25, -0.2) is 0 Å². The smallest absolute Gasteiger partial charge is 0.306 e. The van der Waals surface area contributed by atoms with Crippen molar-refractivity contribution in [2.45, 2.75) is 51.2 Å². The van der Waals surface area contributed by atoms with Gasteiger partial charge in [-0.05, 0) is 49.0 Å². The Morgan fingerprint density at radius 1 is 1.53 bits per heavy atom. The van der Waals surface area contributed by atoms with E-state index in [4.69, 9.17) is 10.5 Å². The van der Waals surface area contributed by atoms with E-state index in [-0.39, 0.29) is 18.1 Å². The van der Waals surface area contributed by atoms with E-state index in [9.17, 15) is 4.79 Å². The molecule has 0 spiro atoms. The molecular weight excluding hydrogens is 257 g/mol. The second-order valence-electron chi connectivity index (χ2n) is 5.31. The lowest BCUT2D eigenvalue weighted by Crippen LogP contribution is -2.34. The second-order valence-corrected chi connectivity index (χ2v) is 5.94. The summed E-state index contributed by atoms with van der Waals surface area (Å²) in [4.78, 5) is 11.0. The Labute approximate surface area is 117 Å². The minimum absolute atomic E-state index is 0.0199. The van der Waals surface area contributed by atoms with E-state index in [1.807, 2.05) is 0 Å². The Bertz CT molecular complexity index is 461. The number of rotatable bonds is 5. The van der Waals surface area contributed by atoms with E-state index in [0.29, 0.717) is 6.42 Å². The number of hydrogen-bond donors (Lipinski definition) is 1. The van der Waals surface area contributed by atoms with Crippen LogP contribution in [0.2, 0.25) is 0 Å². The van der Waals surface area contributed by atoms with Crippen molar-refractivity contribution in [1.82, 2.24) is 0 Å². The van der Waals surface area contributed by atoms with Gasteiger partial charge in [0.05, 0.1) is 0 Å². The van der Waals surface area contributed by atoms with E-state index in [0.717, 1.165) is 25.7 Å². The zero-order chi connectivity index (χ0) is 13.8. The summed E-state index contributed by atoms with van der Waals surface area (Å²) >= 11 is 0. The van der Waals surface area contributed by atoms with Crippen LogP contribution in [0.3, 0.4) is 0 Å². The Morgan fingerprint density at radius 3 is 2.95 bits per heavy atom. The largest absolute Gasteiger partial charge is 0.461 e. The first-order valence-corrected chi connectivity index (χ1v) is 7.44. The summed E-state index contributed by atoms with van der Waals surface area (Å²) in [5, 5.41) is 1.25. The molecule has 1 unspecified atom stereocenters. The maximum Gasteiger partial charge on any atom is 0.306 e. The molecule has 0 amide bonds. The predicted molar refractivity (Wildman–Crippen MR) is 80.6 cm³/mol. The molecule has 0 aromatic heterocycles.